The molecule has 268 valence electrons. The minimum atomic E-state index is -0.935. The molecular formula is C40H53N5O4S. The number of nitrogens with zero attached hydrogens (tertiary/aromatic N) is 3. The number of amides is 3. The lowest BCUT2D eigenvalue weighted by Crippen LogP contribution is -2.60. The lowest BCUT2D eigenvalue weighted by Gasteiger charge is -2.47. The van der Waals surface area contributed by atoms with Crippen LogP contribution in [0.2, 0.25) is 0 Å². The number of pyridine rings is 1. The maximum absolute atomic E-state index is 14.0. The van der Waals surface area contributed by atoms with Crippen LogP contribution in [0.3, 0.4) is 0 Å². The fourth-order valence-electron chi connectivity index (χ4n) is 7.22. The van der Waals surface area contributed by atoms with Crippen molar-refractivity contribution in [1.29, 1.82) is 0 Å². The molecule has 1 aromatic heterocycles. The van der Waals surface area contributed by atoms with Crippen LogP contribution in [0, 0.1) is 18.8 Å². The number of thioether (sulfide) groups is 1. The number of aliphatic hydroxyl groups is 1. The minimum absolute atomic E-state index is 0.00177. The molecule has 1 aliphatic carbocycles. The summed E-state index contributed by atoms with van der Waals surface area (Å²) in [7, 11) is 1.72. The number of β-amino-alcohol motifs (C(OH)–C–C–N with tert-alkyl or cyclic N) is 1. The number of aliphatic hydroxyl groups excluding tert-OH is 1. The van der Waals surface area contributed by atoms with Gasteiger partial charge in [-0.3, -0.25) is 24.3 Å². The highest BCUT2D eigenvalue weighted by Crippen LogP contribution is 2.39. The monoisotopic (exact) mass is 699 g/mol. The molecule has 5 rings (SSSR count). The lowest BCUT2D eigenvalue weighted by molar-refractivity contribution is -0.132. The van der Waals surface area contributed by atoms with Crippen molar-refractivity contribution < 1.29 is 19.5 Å². The van der Waals surface area contributed by atoms with E-state index >= 15 is 0 Å². The quantitative estimate of drug-likeness (QED) is 0.208. The summed E-state index contributed by atoms with van der Waals surface area (Å²) in [5.74, 6) is 0.873. The summed E-state index contributed by atoms with van der Waals surface area (Å²) in [6.07, 6.45) is 6.23. The molecule has 0 spiro atoms. The third-order valence-corrected chi connectivity index (χ3v) is 11.0. The van der Waals surface area contributed by atoms with Gasteiger partial charge in [0, 0.05) is 53.6 Å². The Morgan fingerprint density at radius 1 is 1.02 bits per heavy atom. The van der Waals surface area contributed by atoms with E-state index in [4.69, 9.17) is 0 Å². The molecule has 2 heterocycles. The Bertz CT molecular complexity index is 1600. The minimum Gasteiger partial charge on any atom is -0.390 e. The Kier molecular flexibility index (Phi) is 12.7. The van der Waals surface area contributed by atoms with Crippen molar-refractivity contribution >= 4 is 29.5 Å². The van der Waals surface area contributed by atoms with E-state index in [0.29, 0.717) is 35.3 Å². The molecule has 2 aliphatic rings. The third-order valence-electron chi connectivity index (χ3n) is 9.88. The van der Waals surface area contributed by atoms with Gasteiger partial charge in [-0.2, -0.15) is 0 Å². The predicted molar refractivity (Wildman–Crippen MR) is 199 cm³/mol. The van der Waals surface area contributed by atoms with Crippen molar-refractivity contribution in [2.75, 3.05) is 25.9 Å². The van der Waals surface area contributed by atoms with E-state index in [2.05, 4.69) is 20.5 Å². The van der Waals surface area contributed by atoms with Crippen LogP contribution < -0.4 is 10.6 Å². The van der Waals surface area contributed by atoms with Gasteiger partial charge in [-0.15, -0.1) is 11.8 Å². The summed E-state index contributed by atoms with van der Waals surface area (Å²) in [6.45, 7) is 9.18. The van der Waals surface area contributed by atoms with Gasteiger partial charge in [-0.05, 0) is 94.3 Å². The molecule has 5 atom stereocenters. The molecule has 10 heteroatoms. The number of piperidine rings is 1. The molecule has 3 aromatic rings. The van der Waals surface area contributed by atoms with Gasteiger partial charge in [0.25, 0.3) is 11.8 Å². The Balaban J connectivity index is 1.35. The molecule has 0 bridgehead atoms. The Morgan fingerprint density at radius 2 is 1.74 bits per heavy atom. The van der Waals surface area contributed by atoms with Crippen molar-refractivity contribution in [3.05, 3.63) is 95.3 Å². The molecule has 50 heavy (non-hydrogen) atoms. The normalized spacial score (nSPS) is 20.6. The second-order valence-corrected chi connectivity index (χ2v) is 16.1. The number of hydrogen-bond acceptors (Lipinski definition) is 7. The number of likely N-dealkylation sites (tertiary alicyclic amines) is 1. The highest BCUT2D eigenvalue weighted by Gasteiger charge is 2.42. The van der Waals surface area contributed by atoms with E-state index in [1.54, 1.807) is 48.1 Å². The zero-order chi connectivity index (χ0) is 35.8. The zero-order valence-corrected chi connectivity index (χ0v) is 30.9. The van der Waals surface area contributed by atoms with E-state index < -0.39 is 12.1 Å². The highest BCUT2D eigenvalue weighted by atomic mass is 32.2. The van der Waals surface area contributed by atoms with Gasteiger partial charge in [0.15, 0.2) is 0 Å². The molecular weight excluding hydrogens is 647 g/mol. The molecule has 1 saturated carbocycles. The van der Waals surface area contributed by atoms with Crippen LogP contribution in [0.5, 0.6) is 0 Å². The molecule has 1 saturated heterocycles. The number of hydrogen-bond donors (Lipinski definition) is 3. The van der Waals surface area contributed by atoms with Gasteiger partial charge >= 0.3 is 0 Å². The molecule has 9 nitrogen and oxygen atoms in total. The van der Waals surface area contributed by atoms with E-state index in [-0.39, 0.29) is 35.8 Å². The van der Waals surface area contributed by atoms with Crippen molar-refractivity contribution in [1.82, 2.24) is 25.4 Å². The summed E-state index contributed by atoms with van der Waals surface area (Å²) in [5.41, 5.74) is 1.92. The Labute approximate surface area is 301 Å². The summed E-state index contributed by atoms with van der Waals surface area (Å²) < 4.78 is 0. The molecule has 3 N–H and O–H groups in total. The summed E-state index contributed by atoms with van der Waals surface area (Å²) >= 11 is 1.57. The van der Waals surface area contributed by atoms with Crippen LogP contribution in [0.15, 0.2) is 77.8 Å². The number of nitrogens with one attached hydrogen (secondary N) is 2. The number of benzene rings is 2. The van der Waals surface area contributed by atoms with Crippen LogP contribution in [-0.4, -0.2) is 87.2 Å². The van der Waals surface area contributed by atoms with Crippen molar-refractivity contribution in [2.24, 2.45) is 11.8 Å². The molecule has 2 aromatic carbocycles. The summed E-state index contributed by atoms with van der Waals surface area (Å²) in [5, 5.41) is 18.2. The van der Waals surface area contributed by atoms with Gasteiger partial charge < -0.3 is 20.6 Å². The SMILES string of the molecule is Cc1ccc(C(=O)N(C)Cc2ccccn2)cc1C(=O)N[C@@H](CSc1ccccc1)[C@@H](O)CN1C[C@H]2CCCC[C@H]2C[C@H]1C(=O)NC(C)(C)C. The van der Waals surface area contributed by atoms with Crippen LogP contribution in [0.1, 0.15) is 84.8 Å². The smallest absolute Gasteiger partial charge is 0.253 e. The van der Waals surface area contributed by atoms with Crippen LogP contribution in [0.25, 0.3) is 0 Å². The highest BCUT2D eigenvalue weighted by molar-refractivity contribution is 7.99. The topological polar surface area (TPSA) is 115 Å². The number of fused-ring (bicyclic) bond motifs is 1. The van der Waals surface area contributed by atoms with Crippen molar-refractivity contribution in [3.8, 4) is 0 Å². The molecule has 0 unspecified atom stereocenters. The largest absolute Gasteiger partial charge is 0.390 e. The first-order valence-electron chi connectivity index (χ1n) is 17.9. The molecule has 1 aliphatic heterocycles. The van der Waals surface area contributed by atoms with E-state index in [0.717, 1.165) is 42.0 Å². The average molecular weight is 700 g/mol. The van der Waals surface area contributed by atoms with Gasteiger partial charge in [0.1, 0.15) is 0 Å². The van der Waals surface area contributed by atoms with Gasteiger partial charge in [-0.25, -0.2) is 0 Å². The first-order chi connectivity index (χ1) is 23.9. The van der Waals surface area contributed by atoms with Crippen molar-refractivity contribution in [3.63, 3.8) is 0 Å². The second kappa shape index (κ2) is 17.0. The van der Waals surface area contributed by atoms with E-state index in [9.17, 15) is 19.5 Å². The van der Waals surface area contributed by atoms with Crippen LogP contribution in [-0.2, 0) is 11.3 Å². The fourth-order valence-corrected chi connectivity index (χ4v) is 8.25. The molecule has 2 fully saturated rings. The number of carbonyl (C=O) groups excluding carboxylic acids is 3. The van der Waals surface area contributed by atoms with Crippen LogP contribution in [0.4, 0.5) is 0 Å². The van der Waals surface area contributed by atoms with Crippen LogP contribution >= 0.6 is 11.8 Å². The number of carbonyl (C=O) groups is 3. The maximum atomic E-state index is 14.0. The predicted octanol–water partition coefficient (Wildman–Crippen LogP) is 5.71. The number of aryl methyl sites for hydroxylation is 1. The zero-order valence-electron chi connectivity index (χ0n) is 30.1. The number of aromatic nitrogens is 1. The Morgan fingerprint density at radius 3 is 2.44 bits per heavy atom. The maximum Gasteiger partial charge on any atom is 0.253 e. The first-order valence-corrected chi connectivity index (χ1v) is 18.9. The standard InChI is InChI=1S/C40H53N5O4S/c1-27-18-19-29(39(49)44(5)24-31-15-11-12-20-41-31)21-33(27)37(47)42-34(26-50-32-16-7-6-8-17-32)36(46)25-45-23-30-14-10-9-13-28(30)22-35(45)38(48)43-40(2,3)4/h6-8,11-12,15-21,28,30,34-36,46H,9-10,13-14,22-26H2,1-5H3,(H,42,47)(H,43,48)/t28-,30+,34-,35-,36-/m0/s1. The Hall–Kier alpha value is -3.73. The summed E-state index contributed by atoms with van der Waals surface area (Å²) in [6, 6.07) is 19.7. The number of rotatable bonds is 12. The van der Waals surface area contributed by atoms with Gasteiger partial charge in [0.2, 0.25) is 5.91 Å². The lowest BCUT2D eigenvalue weighted by atomic mass is 9.72. The molecule has 0 radical (unpaired) electrons. The van der Waals surface area contributed by atoms with E-state index in [1.807, 2.05) is 76.2 Å². The average Bonchev–Trinajstić information content (AvgIpc) is 3.09. The van der Waals surface area contributed by atoms with E-state index in [1.165, 1.54) is 12.8 Å². The van der Waals surface area contributed by atoms with Gasteiger partial charge in [-0.1, -0.05) is 49.6 Å². The van der Waals surface area contributed by atoms with Crippen molar-refractivity contribution in [2.45, 2.75) is 95.0 Å². The summed E-state index contributed by atoms with van der Waals surface area (Å²) in [4.78, 5) is 50.2. The first kappa shape index (κ1) is 37.5. The fraction of sp³-hybridized carbons (Fsp3) is 0.500. The molecule has 3 amide bonds. The van der Waals surface area contributed by atoms with Gasteiger partial charge in [0.05, 0.1) is 30.4 Å². The second-order valence-electron chi connectivity index (χ2n) is 15.0. The third kappa shape index (κ3) is 10.2.